The number of nitrogens with one attached hydrogen (secondary N) is 2. The van der Waals surface area contributed by atoms with Gasteiger partial charge in [0.15, 0.2) is 0 Å². The molecule has 5 rings (SSSR count). The van der Waals surface area contributed by atoms with Crippen LogP contribution in [0.15, 0.2) is 78.9 Å². The van der Waals surface area contributed by atoms with Crippen molar-refractivity contribution in [1.82, 2.24) is 10.2 Å². The van der Waals surface area contributed by atoms with Gasteiger partial charge in [0.2, 0.25) is 5.91 Å². The Hall–Kier alpha value is -4.53. The van der Waals surface area contributed by atoms with Gasteiger partial charge in [-0.1, -0.05) is 30.3 Å². The number of ether oxygens (including phenoxy) is 2. The van der Waals surface area contributed by atoms with E-state index >= 15 is 0 Å². The molecule has 3 aromatic rings. The van der Waals surface area contributed by atoms with Crippen LogP contribution in [0.5, 0.6) is 11.5 Å². The van der Waals surface area contributed by atoms with E-state index in [1.54, 1.807) is 15.9 Å². The second-order valence-corrected chi connectivity index (χ2v) is 8.65. The Bertz CT molecular complexity index is 1250. The minimum Gasteiger partial charge on any atom is -0.457 e. The SMILES string of the molecule is O=C(Nc1cccc(CN2CCOC2=O)c1)NC1CC(=O)N(c2ccc(Oc3ccccc3)cc2)C1. The van der Waals surface area contributed by atoms with Gasteiger partial charge in [-0.3, -0.25) is 4.79 Å². The molecular formula is C27H26N4O5. The highest BCUT2D eigenvalue weighted by molar-refractivity contribution is 5.97. The standard InChI is InChI=1S/C27H26N4O5/c32-25-16-21(18-31(25)22-9-11-24(12-10-22)36-23-7-2-1-3-8-23)29-26(33)28-20-6-4-5-19(15-20)17-30-13-14-35-27(30)34/h1-12,15,21H,13-14,16-18H2,(H2,28,29,33). The molecule has 0 aliphatic carbocycles. The lowest BCUT2D eigenvalue weighted by Gasteiger charge is -2.18. The third-order valence-electron chi connectivity index (χ3n) is 5.99. The van der Waals surface area contributed by atoms with E-state index in [1.807, 2.05) is 72.8 Å². The Morgan fingerprint density at radius 1 is 0.972 bits per heavy atom. The van der Waals surface area contributed by atoms with Crippen molar-refractivity contribution in [1.29, 1.82) is 0 Å². The normalized spacial score (nSPS) is 17.2. The predicted octanol–water partition coefficient (Wildman–Crippen LogP) is 4.36. The molecule has 9 nitrogen and oxygen atoms in total. The molecule has 2 aliphatic heterocycles. The van der Waals surface area contributed by atoms with Gasteiger partial charge in [-0.05, 0) is 54.1 Å². The lowest BCUT2D eigenvalue weighted by molar-refractivity contribution is -0.117. The van der Waals surface area contributed by atoms with Crippen molar-refractivity contribution >= 4 is 29.4 Å². The number of benzene rings is 3. The Morgan fingerprint density at radius 3 is 2.50 bits per heavy atom. The number of nitrogens with zero attached hydrogens (tertiary/aromatic N) is 2. The van der Waals surface area contributed by atoms with Crippen LogP contribution in [0, 0.1) is 0 Å². The number of carbonyl (C=O) groups excluding carboxylic acids is 3. The zero-order chi connectivity index (χ0) is 24.9. The third-order valence-corrected chi connectivity index (χ3v) is 5.99. The molecule has 2 fully saturated rings. The van der Waals surface area contributed by atoms with Crippen molar-refractivity contribution in [2.24, 2.45) is 0 Å². The first-order valence-electron chi connectivity index (χ1n) is 11.7. The van der Waals surface area contributed by atoms with Gasteiger partial charge < -0.3 is 29.9 Å². The van der Waals surface area contributed by atoms with Gasteiger partial charge in [0.1, 0.15) is 18.1 Å². The number of amides is 4. The number of anilines is 2. The molecule has 4 amide bonds. The second kappa shape index (κ2) is 10.4. The monoisotopic (exact) mass is 486 g/mol. The van der Waals surface area contributed by atoms with Crippen LogP contribution in [-0.4, -0.2) is 48.7 Å². The van der Waals surface area contributed by atoms with E-state index < -0.39 is 0 Å². The van der Waals surface area contributed by atoms with Gasteiger partial charge in [-0.2, -0.15) is 0 Å². The summed E-state index contributed by atoms with van der Waals surface area (Å²) in [5, 5.41) is 5.69. The Labute approximate surface area is 208 Å². The lowest BCUT2D eigenvalue weighted by atomic mass is 10.2. The topological polar surface area (TPSA) is 100 Å². The van der Waals surface area contributed by atoms with Crippen LogP contribution >= 0.6 is 0 Å². The van der Waals surface area contributed by atoms with Gasteiger partial charge in [0.05, 0.1) is 12.6 Å². The summed E-state index contributed by atoms with van der Waals surface area (Å²) in [6, 6.07) is 23.4. The lowest BCUT2D eigenvalue weighted by Crippen LogP contribution is -2.39. The Kier molecular flexibility index (Phi) is 6.70. The second-order valence-electron chi connectivity index (χ2n) is 8.65. The van der Waals surface area contributed by atoms with E-state index in [2.05, 4.69) is 10.6 Å². The highest BCUT2D eigenvalue weighted by Gasteiger charge is 2.31. The van der Waals surface area contributed by atoms with Crippen LogP contribution < -0.4 is 20.3 Å². The van der Waals surface area contributed by atoms with Gasteiger partial charge >= 0.3 is 12.1 Å². The molecule has 2 aliphatic rings. The van der Waals surface area contributed by atoms with Crippen LogP contribution in [0.25, 0.3) is 0 Å². The van der Waals surface area contributed by atoms with Gasteiger partial charge in [0, 0.05) is 30.9 Å². The summed E-state index contributed by atoms with van der Waals surface area (Å²) in [5.74, 6) is 1.35. The number of carbonyl (C=O) groups is 3. The molecule has 1 unspecified atom stereocenters. The fourth-order valence-electron chi connectivity index (χ4n) is 4.26. The summed E-state index contributed by atoms with van der Waals surface area (Å²) >= 11 is 0. The summed E-state index contributed by atoms with van der Waals surface area (Å²) < 4.78 is 10.8. The van der Waals surface area contributed by atoms with Gasteiger partial charge in [-0.15, -0.1) is 0 Å². The summed E-state index contributed by atoms with van der Waals surface area (Å²) in [6.45, 7) is 1.73. The fraction of sp³-hybridized carbons (Fsp3) is 0.222. The van der Waals surface area contributed by atoms with Crippen molar-refractivity contribution in [2.75, 3.05) is 29.9 Å². The largest absolute Gasteiger partial charge is 0.457 e. The maximum absolute atomic E-state index is 12.6. The van der Waals surface area contributed by atoms with Crippen LogP contribution in [-0.2, 0) is 16.1 Å². The van der Waals surface area contributed by atoms with E-state index in [9.17, 15) is 14.4 Å². The molecule has 3 aromatic carbocycles. The summed E-state index contributed by atoms with van der Waals surface area (Å²) in [6.07, 6.45) is -0.118. The van der Waals surface area contributed by atoms with Crippen LogP contribution in [0.4, 0.5) is 21.0 Å². The van der Waals surface area contributed by atoms with E-state index in [4.69, 9.17) is 9.47 Å². The predicted molar refractivity (Wildman–Crippen MR) is 134 cm³/mol. The van der Waals surface area contributed by atoms with Crippen molar-refractivity contribution in [3.8, 4) is 11.5 Å². The highest BCUT2D eigenvalue weighted by atomic mass is 16.6. The molecule has 2 saturated heterocycles. The van der Waals surface area contributed by atoms with E-state index in [0.29, 0.717) is 37.7 Å². The van der Waals surface area contributed by atoms with E-state index in [-0.39, 0.29) is 30.5 Å². The van der Waals surface area contributed by atoms with Crippen molar-refractivity contribution < 1.29 is 23.9 Å². The number of hydrogen-bond acceptors (Lipinski definition) is 5. The molecule has 2 N–H and O–H groups in total. The number of urea groups is 1. The molecular weight excluding hydrogens is 460 g/mol. The zero-order valence-corrected chi connectivity index (χ0v) is 19.6. The minimum atomic E-state index is -0.390. The Balaban J connectivity index is 1.14. The van der Waals surface area contributed by atoms with E-state index in [1.165, 1.54) is 0 Å². The maximum atomic E-state index is 12.6. The minimum absolute atomic E-state index is 0.0588. The maximum Gasteiger partial charge on any atom is 0.410 e. The van der Waals surface area contributed by atoms with Crippen molar-refractivity contribution in [2.45, 2.75) is 19.0 Å². The summed E-state index contributed by atoms with van der Waals surface area (Å²) in [5.41, 5.74) is 2.24. The van der Waals surface area contributed by atoms with E-state index in [0.717, 1.165) is 17.0 Å². The number of cyclic esters (lactones) is 1. The van der Waals surface area contributed by atoms with Gasteiger partial charge in [-0.25, -0.2) is 9.59 Å². The quantitative estimate of drug-likeness (QED) is 0.517. The molecule has 36 heavy (non-hydrogen) atoms. The first-order valence-corrected chi connectivity index (χ1v) is 11.7. The van der Waals surface area contributed by atoms with Crippen LogP contribution in [0.2, 0.25) is 0 Å². The molecule has 2 heterocycles. The highest BCUT2D eigenvalue weighted by Crippen LogP contribution is 2.27. The Morgan fingerprint density at radius 2 is 1.75 bits per heavy atom. The van der Waals surface area contributed by atoms with Crippen LogP contribution in [0.1, 0.15) is 12.0 Å². The molecule has 9 heteroatoms. The molecule has 0 saturated carbocycles. The first-order chi connectivity index (χ1) is 17.5. The molecule has 184 valence electrons. The molecule has 0 spiro atoms. The summed E-state index contributed by atoms with van der Waals surface area (Å²) in [4.78, 5) is 40.1. The molecule has 1 atom stereocenters. The average Bonchev–Trinajstić information content (AvgIpc) is 3.44. The number of para-hydroxylation sites is 1. The molecule has 0 bridgehead atoms. The molecule has 0 aromatic heterocycles. The van der Waals surface area contributed by atoms with Crippen molar-refractivity contribution in [3.05, 3.63) is 84.4 Å². The average molecular weight is 487 g/mol. The van der Waals surface area contributed by atoms with Crippen LogP contribution in [0.3, 0.4) is 0 Å². The summed E-state index contributed by atoms with van der Waals surface area (Å²) in [7, 11) is 0. The smallest absolute Gasteiger partial charge is 0.410 e. The fourth-order valence-corrected chi connectivity index (χ4v) is 4.26. The number of hydrogen-bond donors (Lipinski definition) is 2. The molecule has 0 radical (unpaired) electrons. The van der Waals surface area contributed by atoms with Crippen molar-refractivity contribution in [3.63, 3.8) is 0 Å². The third kappa shape index (κ3) is 5.57. The van der Waals surface area contributed by atoms with Gasteiger partial charge in [0.25, 0.3) is 0 Å². The zero-order valence-electron chi connectivity index (χ0n) is 19.6. The first kappa shape index (κ1) is 23.2. The number of rotatable bonds is 7.